The number of carbonyl (C=O) groups is 1. The summed E-state index contributed by atoms with van der Waals surface area (Å²) in [5.41, 5.74) is 2.81. The number of nitrogens with one attached hydrogen (secondary N) is 1. The Balaban J connectivity index is 1.61. The lowest BCUT2D eigenvalue weighted by molar-refractivity contribution is 0.102. The summed E-state index contributed by atoms with van der Waals surface area (Å²) in [6.45, 7) is 1.69. The molecule has 0 saturated heterocycles. The molecule has 4 rings (SSSR count). The summed E-state index contributed by atoms with van der Waals surface area (Å²) in [4.78, 5) is 14.3. The number of hydrogen-bond acceptors (Lipinski definition) is 5. The van der Waals surface area contributed by atoms with E-state index < -0.39 is 0 Å². The number of aromatic nitrogens is 4. The zero-order valence-corrected chi connectivity index (χ0v) is 15.0. The molecule has 1 amide bonds. The zero-order chi connectivity index (χ0) is 18.8. The van der Waals surface area contributed by atoms with Crippen LogP contribution in [0.1, 0.15) is 16.1 Å². The number of halogens is 1. The normalized spacial score (nSPS) is 10.7. The third-order valence-corrected chi connectivity index (χ3v) is 4.32. The van der Waals surface area contributed by atoms with Crippen molar-refractivity contribution in [2.75, 3.05) is 5.32 Å². The van der Waals surface area contributed by atoms with Gasteiger partial charge in [0.1, 0.15) is 17.0 Å². The molecule has 8 heteroatoms. The number of amides is 1. The first-order valence-corrected chi connectivity index (χ1v) is 8.50. The standard InChI is InChI=1S/C19H14ClN5O2/c1-12-17(18(24-27-12)15-4-2-3-5-16(15)20)19(26)23-13-6-8-14(9-7-13)25-21-10-11-22-25/h2-11H,1H3,(H,23,26). The van der Waals surface area contributed by atoms with Gasteiger partial charge in [-0.2, -0.15) is 15.0 Å². The average molecular weight is 380 g/mol. The van der Waals surface area contributed by atoms with Crippen molar-refractivity contribution in [3.63, 3.8) is 0 Å². The number of benzene rings is 2. The van der Waals surface area contributed by atoms with Crippen molar-refractivity contribution < 1.29 is 9.32 Å². The van der Waals surface area contributed by atoms with Crippen molar-refractivity contribution in [1.82, 2.24) is 20.2 Å². The fourth-order valence-electron chi connectivity index (χ4n) is 2.70. The molecule has 27 heavy (non-hydrogen) atoms. The van der Waals surface area contributed by atoms with Crippen molar-refractivity contribution in [3.05, 3.63) is 77.3 Å². The summed E-state index contributed by atoms with van der Waals surface area (Å²) in [7, 11) is 0. The van der Waals surface area contributed by atoms with Gasteiger partial charge in [-0.15, -0.1) is 0 Å². The van der Waals surface area contributed by atoms with Crippen LogP contribution in [-0.4, -0.2) is 26.1 Å². The van der Waals surface area contributed by atoms with Crippen LogP contribution in [0.25, 0.3) is 16.9 Å². The lowest BCUT2D eigenvalue weighted by Crippen LogP contribution is -2.13. The van der Waals surface area contributed by atoms with Gasteiger partial charge in [-0.3, -0.25) is 4.79 Å². The van der Waals surface area contributed by atoms with Crippen molar-refractivity contribution in [1.29, 1.82) is 0 Å². The van der Waals surface area contributed by atoms with E-state index in [2.05, 4.69) is 20.7 Å². The fourth-order valence-corrected chi connectivity index (χ4v) is 2.92. The second-order valence-electron chi connectivity index (χ2n) is 5.76. The number of anilines is 1. The maximum atomic E-state index is 12.8. The Morgan fingerprint density at radius 1 is 1.07 bits per heavy atom. The predicted molar refractivity (Wildman–Crippen MR) is 101 cm³/mol. The molecule has 0 atom stereocenters. The highest BCUT2D eigenvalue weighted by Gasteiger charge is 2.23. The summed E-state index contributed by atoms with van der Waals surface area (Å²) in [5, 5.41) is 15.5. The van der Waals surface area contributed by atoms with Crippen molar-refractivity contribution >= 4 is 23.2 Å². The predicted octanol–water partition coefficient (Wildman–Crippen LogP) is 4.14. The first kappa shape index (κ1) is 17.0. The minimum atomic E-state index is -0.325. The minimum Gasteiger partial charge on any atom is -0.360 e. The van der Waals surface area contributed by atoms with Gasteiger partial charge in [-0.05, 0) is 37.3 Å². The molecule has 0 unspecified atom stereocenters. The lowest BCUT2D eigenvalue weighted by atomic mass is 10.1. The molecule has 0 bridgehead atoms. The first-order valence-electron chi connectivity index (χ1n) is 8.13. The summed E-state index contributed by atoms with van der Waals surface area (Å²) >= 11 is 6.24. The van der Waals surface area contributed by atoms with Crippen LogP contribution in [0.4, 0.5) is 5.69 Å². The molecule has 7 nitrogen and oxygen atoms in total. The quantitative estimate of drug-likeness (QED) is 0.576. The highest BCUT2D eigenvalue weighted by Crippen LogP contribution is 2.31. The molecular weight excluding hydrogens is 366 g/mol. The van der Waals surface area contributed by atoms with E-state index in [9.17, 15) is 4.79 Å². The highest BCUT2D eigenvalue weighted by atomic mass is 35.5. The molecule has 1 N–H and O–H groups in total. The number of aryl methyl sites for hydroxylation is 1. The Morgan fingerprint density at radius 2 is 1.78 bits per heavy atom. The molecule has 134 valence electrons. The zero-order valence-electron chi connectivity index (χ0n) is 14.3. The summed E-state index contributed by atoms with van der Waals surface area (Å²) in [5.74, 6) is 0.0911. The molecule has 2 heterocycles. The monoisotopic (exact) mass is 379 g/mol. The third kappa shape index (κ3) is 3.32. The van der Waals surface area contributed by atoms with E-state index in [1.165, 1.54) is 4.80 Å². The third-order valence-electron chi connectivity index (χ3n) is 3.99. The summed E-state index contributed by atoms with van der Waals surface area (Å²) < 4.78 is 5.24. The maximum absolute atomic E-state index is 12.8. The highest BCUT2D eigenvalue weighted by molar-refractivity contribution is 6.33. The van der Waals surface area contributed by atoms with Crippen LogP contribution in [0, 0.1) is 6.92 Å². The molecule has 2 aromatic carbocycles. The average Bonchev–Trinajstić information content (AvgIpc) is 3.33. The van der Waals surface area contributed by atoms with Gasteiger partial charge in [0.05, 0.1) is 23.1 Å². The SMILES string of the molecule is Cc1onc(-c2ccccc2Cl)c1C(=O)Nc1ccc(-n2nccn2)cc1. The van der Waals surface area contributed by atoms with Crippen LogP contribution < -0.4 is 5.32 Å². The van der Waals surface area contributed by atoms with Crippen LogP contribution in [-0.2, 0) is 0 Å². The molecule has 0 spiro atoms. The number of carbonyl (C=O) groups excluding carboxylic acids is 1. The molecule has 2 aromatic heterocycles. The molecule has 0 saturated carbocycles. The Kier molecular flexibility index (Phi) is 4.43. The summed E-state index contributed by atoms with van der Waals surface area (Å²) in [6, 6.07) is 14.3. The van der Waals surface area contributed by atoms with E-state index >= 15 is 0 Å². The van der Waals surface area contributed by atoms with Crippen LogP contribution in [0.5, 0.6) is 0 Å². The molecule has 0 radical (unpaired) electrons. The van der Waals surface area contributed by atoms with Gasteiger partial charge in [-0.25, -0.2) is 0 Å². The van der Waals surface area contributed by atoms with E-state index in [4.69, 9.17) is 16.1 Å². The molecule has 0 aliphatic rings. The van der Waals surface area contributed by atoms with Crippen molar-refractivity contribution in [2.24, 2.45) is 0 Å². The Labute approximate surface area is 159 Å². The second-order valence-corrected chi connectivity index (χ2v) is 6.17. The van der Waals surface area contributed by atoms with Crippen LogP contribution >= 0.6 is 11.6 Å². The second kappa shape index (κ2) is 7.05. The van der Waals surface area contributed by atoms with Gasteiger partial charge >= 0.3 is 0 Å². The Hall–Kier alpha value is -3.45. The minimum absolute atomic E-state index is 0.325. The van der Waals surface area contributed by atoms with E-state index in [0.29, 0.717) is 33.3 Å². The fraction of sp³-hybridized carbons (Fsp3) is 0.0526. The van der Waals surface area contributed by atoms with Crippen LogP contribution in [0.2, 0.25) is 5.02 Å². The Bertz CT molecular complexity index is 1090. The maximum Gasteiger partial charge on any atom is 0.261 e. The smallest absolute Gasteiger partial charge is 0.261 e. The van der Waals surface area contributed by atoms with E-state index in [1.54, 1.807) is 43.6 Å². The lowest BCUT2D eigenvalue weighted by Gasteiger charge is -2.07. The van der Waals surface area contributed by atoms with Gasteiger partial charge in [0.25, 0.3) is 5.91 Å². The van der Waals surface area contributed by atoms with Crippen molar-refractivity contribution in [3.8, 4) is 16.9 Å². The summed E-state index contributed by atoms with van der Waals surface area (Å²) in [6.07, 6.45) is 3.20. The van der Waals surface area contributed by atoms with Gasteiger partial charge < -0.3 is 9.84 Å². The van der Waals surface area contributed by atoms with E-state index in [0.717, 1.165) is 5.69 Å². The van der Waals surface area contributed by atoms with Crippen LogP contribution in [0.15, 0.2) is 65.4 Å². The molecule has 0 fully saturated rings. The Morgan fingerprint density at radius 3 is 2.48 bits per heavy atom. The largest absolute Gasteiger partial charge is 0.360 e. The van der Waals surface area contributed by atoms with Gasteiger partial charge in [0.15, 0.2) is 0 Å². The molecule has 0 aliphatic carbocycles. The van der Waals surface area contributed by atoms with Crippen molar-refractivity contribution in [2.45, 2.75) is 6.92 Å². The van der Waals surface area contributed by atoms with Gasteiger partial charge in [0, 0.05) is 11.3 Å². The molecular formula is C19H14ClN5O2. The number of rotatable bonds is 4. The van der Waals surface area contributed by atoms with Gasteiger partial charge in [-0.1, -0.05) is 35.0 Å². The van der Waals surface area contributed by atoms with Gasteiger partial charge in [0.2, 0.25) is 0 Å². The number of hydrogen-bond donors (Lipinski definition) is 1. The molecule has 0 aliphatic heterocycles. The van der Waals surface area contributed by atoms with E-state index in [-0.39, 0.29) is 5.91 Å². The van der Waals surface area contributed by atoms with E-state index in [1.807, 2.05) is 24.3 Å². The number of nitrogens with zero attached hydrogens (tertiary/aromatic N) is 4. The molecule has 4 aromatic rings. The van der Waals surface area contributed by atoms with Crippen LogP contribution in [0.3, 0.4) is 0 Å². The first-order chi connectivity index (χ1) is 13.1. The topological polar surface area (TPSA) is 85.8 Å².